The van der Waals surface area contributed by atoms with Crippen molar-refractivity contribution >= 4 is 33.4 Å². The highest BCUT2D eigenvalue weighted by atomic mass is 32.2. The van der Waals surface area contributed by atoms with Gasteiger partial charge in [-0.3, -0.25) is 9.36 Å². The topological polar surface area (TPSA) is 142 Å². The van der Waals surface area contributed by atoms with E-state index >= 15 is 0 Å². The third kappa shape index (κ3) is 5.16. The third-order valence-corrected chi connectivity index (χ3v) is 6.08. The second-order valence-electron chi connectivity index (χ2n) is 6.39. The number of aromatic nitrogens is 3. The first-order valence-corrected chi connectivity index (χ1v) is 11.5. The van der Waals surface area contributed by atoms with Gasteiger partial charge < -0.3 is 14.5 Å². The molecule has 0 unspecified atom stereocenters. The van der Waals surface area contributed by atoms with Crippen LogP contribution < -0.4 is 15.2 Å². The van der Waals surface area contributed by atoms with Gasteiger partial charge in [0.1, 0.15) is 10.6 Å². The molecule has 1 aromatic carbocycles. The molecule has 0 radical (unpaired) electrons. The number of nitrogens with one attached hydrogen (secondary N) is 1. The fraction of sp³-hybridized carbons (Fsp3) is 0.211. The molecule has 3 N–H and O–H groups in total. The molecule has 31 heavy (non-hydrogen) atoms. The van der Waals surface area contributed by atoms with Crippen LogP contribution in [0.3, 0.4) is 0 Å². The Bertz CT molecular complexity index is 1220. The lowest BCUT2D eigenvalue weighted by atomic mass is 10.3. The Morgan fingerprint density at radius 2 is 2.16 bits per heavy atom. The Hall–Kier alpha value is -3.09. The molecule has 0 aliphatic carbocycles. The smallest absolute Gasteiger partial charge is 0.241 e. The molecule has 0 bridgehead atoms. The van der Waals surface area contributed by atoms with Crippen LogP contribution in [-0.4, -0.2) is 42.0 Å². The van der Waals surface area contributed by atoms with Crippen molar-refractivity contribution in [3.63, 3.8) is 0 Å². The van der Waals surface area contributed by atoms with Gasteiger partial charge in [-0.05, 0) is 36.8 Å². The largest absolute Gasteiger partial charge is 0.495 e. The summed E-state index contributed by atoms with van der Waals surface area (Å²) in [4.78, 5) is 12.2. The average Bonchev–Trinajstić information content (AvgIpc) is 3.31. The molecule has 3 aromatic rings. The van der Waals surface area contributed by atoms with Crippen molar-refractivity contribution in [2.75, 3.05) is 18.2 Å². The molecule has 0 saturated heterocycles. The lowest BCUT2D eigenvalue weighted by molar-refractivity contribution is -0.113. The number of sulfonamides is 1. The summed E-state index contributed by atoms with van der Waals surface area (Å²) in [5, 5.41) is 16.7. The van der Waals surface area contributed by atoms with E-state index in [0.717, 1.165) is 5.56 Å². The van der Waals surface area contributed by atoms with Crippen LogP contribution in [0.5, 0.6) is 5.75 Å². The van der Waals surface area contributed by atoms with Gasteiger partial charge >= 0.3 is 0 Å². The first-order valence-electron chi connectivity index (χ1n) is 8.96. The number of carbonyl (C=O) groups excluding carboxylic acids is 1. The van der Waals surface area contributed by atoms with Gasteiger partial charge in [0.25, 0.3) is 0 Å². The first-order chi connectivity index (χ1) is 14.7. The minimum Gasteiger partial charge on any atom is -0.495 e. The number of nitrogens with zero attached hydrogens (tertiary/aromatic N) is 3. The van der Waals surface area contributed by atoms with Crippen molar-refractivity contribution in [1.29, 1.82) is 0 Å². The molecule has 0 fully saturated rings. The first kappa shape index (κ1) is 22.6. The van der Waals surface area contributed by atoms with E-state index in [0.29, 0.717) is 23.3 Å². The zero-order chi connectivity index (χ0) is 22.6. The maximum Gasteiger partial charge on any atom is 0.241 e. The van der Waals surface area contributed by atoms with Gasteiger partial charge in [0.2, 0.25) is 21.8 Å². The zero-order valence-electron chi connectivity index (χ0n) is 16.9. The Kier molecular flexibility index (Phi) is 6.83. The van der Waals surface area contributed by atoms with E-state index in [9.17, 15) is 13.2 Å². The van der Waals surface area contributed by atoms with Gasteiger partial charge in [-0.15, -0.1) is 16.8 Å². The van der Waals surface area contributed by atoms with Crippen LogP contribution in [0.2, 0.25) is 0 Å². The Morgan fingerprint density at radius 1 is 1.39 bits per heavy atom. The zero-order valence-corrected chi connectivity index (χ0v) is 18.5. The van der Waals surface area contributed by atoms with Crippen molar-refractivity contribution in [1.82, 2.24) is 14.8 Å². The van der Waals surface area contributed by atoms with Gasteiger partial charge in [0.15, 0.2) is 10.9 Å². The number of ether oxygens (including phenoxy) is 1. The summed E-state index contributed by atoms with van der Waals surface area (Å²) >= 11 is 1.18. The SMILES string of the molecule is C=CCn1c(SCC(=O)Nc2ccc(OC)c(S(N)(=O)=O)c2)nnc1-c1occc1C. The number of nitrogens with two attached hydrogens (primary N) is 1. The van der Waals surface area contributed by atoms with Crippen LogP contribution in [0.15, 0.2) is 57.7 Å². The lowest BCUT2D eigenvalue weighted by Gasteiger charge is -2.10. The van der Waals surface area contributed by atoms with Gasteiger partial charge in [0, 0.05) is 12.2 Å². The maximum absolute atomic E-state index is 12.4. The van der Waals surface area contributed by atoms with Gasteiger partial charge in [0.05, 0.1) is 19.1 Å². The molecule has 0 atom stereocenters. The highest BCUT2D eigenvalue weighted by Gasteiger charge is 2.19. The molecule has 2 aromatic heterocycles. The van der Waals surface area contributed by atoms with Gasteiger partial charge in [-0.25, -0.2) is 13.6 Å². The fourth-order valence-electron chi connectivity index (χ4n) is 2.76. The normalized spacial score (nSPS) is 11.3. The molecular formula is C19H21N5O5S2. The fourth-order valence-corrected chi connectivity index (χ4v) is 4.23. The number of methoxy groups -OCH3 is 1. The van der Waals surface area contributed by atoms with Crippen molar-refractivity contribution in [2.45, 2.75) is 23.5 Å². The second kappa shape index (κ2) is 9.37. The number of benzene rings is 1. The molecule has 0 saturated carbocycles. The Morgan fingerprint density at radius 3 is 2.77 bits per heavy atom. The standard InChI is InChI=1S/C19H21N5O5S2/c1-4-8-24-18(17-12(2)7-9-29-17)22-23-19(24)30-11-16(25)21-13-5-6-14(28-3)15(10-13)31(20,26)27/h4-7,9-10H,1,8,11H2,2-3H3,(H,21,25)(H2,20,26,27). The summed E-state index contributed by atoms with van der Waals surface area (Å²) < 4.78 is 35.8. The predicted octanol–water partition coefficient (Wildman–Crippen LogP) is 2.42. The molecule has 0 aliphatic rings. The van der Waals surface area contributed by atoms with Crippen molar-refractivity contribution < 1.29 is 22.4 Å². The number of furan rings is 1. The van der Waals surface area contributed by atoms with Crippen LogP contribution in [0.4, 0.5) is 5.69 Å². The molecule has 10 nitrogen and oxygen atoms in total. The Balaban J connectivity index is 1.74. The van der Waals surface area contributed by atoms with Crippen LogP contribution in [0, 0.1) is 6.92 Å². The van der Waals surface area contributed by atoms with E-state index in [1.807, 2.05) is 13.0 Å². The number of amides is 1. The maximum atomic E-state index is 12.4. The summed E-state index contributed by atoms with van der Waals surface area (Å²) in [5.41, 5.74) is 1.19. The third-order valence-electron chi connectivity index (χ3n) is 4.18. The number of rotatable bonds is 9. The van der Waals surface area contributed by atoms with Crippen molar-refractivity contribution in [3.05, 3.63) is 48.7 Å². The van der Waals surface area contributed by atoms with Crippen LogP contribution in [-0.2, 0) is 21.4 Å². The average molecular weight is 464 g/mol. The molecular weight excluding hydrogens is 442 g/mol. The van der Waals surface area contributed by atoms with Crippen LogP contribution in [0.25, 0.3) is 11.6 Å². The minimum atomic E-state index is -4.01. The van der Waals surface area contributed by atoms with E-state index in [2.05, 4.69) is 22.1 Å². The molecule has 0 aliphatic heterocycles. The Labute approximate surface area is 183 Å². The number of aryl methyl sites for hydroxylation is 1. The number of carbonyl (C=O) groups is 1. The van der Waals surface area contributed by atoms with E-state index in [1.54, 1.807) is 16.9 Å². The number of thioether (sulfide) groups is 1. The van der Waals surface area contributed by atoms with E-state index in [4.69, 9.17) is 14.3 Å². The lowest BCUT2D eigenvalue weighted by Crippen LogP contribution is -2.17. The van der Waals surface area contributed by atoms with Crippen molar-refractivity contribution in [2.24, 2.45) is 5.14 Å². The molecule has 12 heteroatoms. The van der Waals surface area contributed by atoms with Crippen molar-refractivity contribution in [3.8, 4) is 17.3 Å². The molecule has 0 spiro atoms. The second-order valence-corrected chi connectivity index (χ2v) is 8.86. The number of allylic oxidation sites excluding steroid dienone is 1. The summed E-state index contributed by atoms with van der Waals surface area (Å²) in [7, 11) is -2.68. The molecule has 2 heterocycles. The van der Waals surface area contributed by atoms with Crippen LogP contribution in [0.1, 0.15) is 5.56 Å². The van der Waals surface area contributed by atoms with E-state index in [1.165, 1.54) is 37.1 Å². The summed E-state index contributed by atoms with van der Waals surface area (Å²) in [6, 6.07) is 6.01. The highest BCUT2D eigenvalue weighted by Crippen LogP contribution is 2.28. The number of hydrogen-bond acceptors (Lipinski definition) is 8. The summed E-state index contributed by atoms with van der Waals surface area (Å²) in [5.74, 6) is 0.883. The van der Waals surface area contributed by atoms with Gasteiger partial charge in [-0.2, -0.15) is 0 Å². The molecule has 1 amide bonds. The molecule has 3 rings (SSSR count). The van der Waals surface area contributed by atoms with Gasteiger partial charge in [-0.1, -0.05) is 17.8 Å². The van der Waals surface area contributed by atoms with Crippen LogP contribution >= 0.6 is 11.8 Å². The summed E-state index contributed by atoms with van der Waals surface area (Å²) in [6.45, 7) is 6.08. The van der Waals surface area contributed by atoms with E-state index < -0.39 is 10.0 Å². The van der Waals surface area contributed by atoms with E-state index in [-0.39, 0.29) is 28.0 Å². The minimum absolute atomic E-state index is 0.0170. The molecule has 164 valence electrons. The quantitative estimate of drug-likeness (QED) is 0.364. The number of hydrogen-bond donors (Lipinski definition) is 2. The number of primary sulfonamides is 1. The number of anilines is 1. The summed E-state index contributed by atoms with van der Waals surface area (Å²) in [6.07, 6.45) is 3.27. The monoisotopic (exact) mass is 463 g/mol. The predicted molar refractivity (Wildman–Crippen MR) is 116 cm³/mol. The highest BCUT2D eigenvalue weighted by molar-refractivity contribution is 7.99.